The molecule has 0 spiro atoms. The van der Waals surface area contributed by atoms with Crippen molar-refractivity contribution in [3.63, 3.8) is 0 Å². The minimum absolute atomic E-state index is 0.223. The average Bonchev–Trinajstić information content (AvgIpc) is 3.56. The fourth-order valence-electron chi connectivity index (χ4n) is 6.96. The molecule has 0 bridgehead atoms. The average molecular weight is 630 g/mol. The van der Waals surface area contributed by atoms with Gasteiger partial charge in [0.05, 0.1) is 5.01 Å². The third-order valence-electron chi connectivity index (χ3n) is 8.93. The maximum atomic E-state index is 12.4. The zero-order valence-corrected chi connectivity index (χ0v) is 26.6. The number of likely N-dealkylation sites (tertiary alicyclic amines) is 2. The summed E-state index contributed by atoms with van der Waals surface area (Å²) in [6.07, 6.45) is -0.0905. The molecule has 2 aliphatic heterocycles. The first-order valence-corrected chi connectivity index (χ1v) is 16.1. The third-order valence-corrected chi connectivity index (χ3v) is 10.1. The number of aromatic nitrogens is 1. The number of alkyl halides is 3. The van der Waals surface area contributed by atoms with Crippen LogP contribution < -0.4 is 4.74 Å². The van der Waals surface area contributed by atoms with E-state index in [1.54, 1.807) is 23.5 Å². The third kappa shape index (κ3) is 8.20. The van der Waals surface area contributed by atoms with Gasteiger partial charge >= 0.3 is 12.3 Å². The number of carboxylic acid groups (broad SMARTS) is 1. The predicted molar refractivity (Wildman–Crippen MR) is 166 cm³/mol. The Kier molecular flexibility index (Phi) is 9.72. The van der Waals surface area contributed by atoms with E-state index in [1.165, 1.54) is 28.1 Å². The zero-order chi connectivity index (χ0) is 31.6. The summed E-state index contributed by atoms with van der Waals surface area (Å²) in [5.41, 5.74) is 3.04. The molecule has 2 aliphatic rings. The van der Waals surface area contributed by atoms with Gasteiger partial charge in [0.15, 0.2) is 0 Å². The van der Waals surface area contributed by atoms with Crippen molar-refractivity contribution in [2.24, 2.45) is 11.3 Å². The first kappa shape index (κ1) is 32.4. The number of nitrogens with zero attached hydrogens (tertiary/aromatic N) is 3. The van der Waals surface area contributed by atoms with Gasteiger partial charge in [-0.25, -0.2) is 4.98 Å². The van der Waals surface area contributed by atoms with E-state index in [0.717, 1.165) is 56.1 Å². The second kappa shape index (κ2) is 13.2. The topological polar surface area (TPSA) is 65.9 Å². The van der Waals surface area contributed by atoms with E-state index in [4.69, 9.17) is 0 Å². The van der Waals surface area contributed by atoms with Crippen LogP contribution in [0.15, 0.2) is 54.7 Å². The molecule has 238 valence electrons. The number of carbonyl (C=O) groups is 1. The molecule has 0 saturated carbocycles. The number of ether oxygens (including phenoxy) is 1. The van der Waals surface area contributed by atoms with Crippen LogP contribution in [0.2, 0.25) is 0 Å². The Bertz CT molecular complexity index is 1410. The minimum Gasteiger partial charge on any atom is -0.480 e. The van der Waals surface area contributed by atoms with Crippen LogP contribution in [0.25, 0.3) is 0 Å². The summed E-state index contributed by atoms with van der Waals surface area (Å²) in [6.45, 7) is 12.6. The number of hydrogen-bond donors (Lipinski definition) is 1. The van der Waals surface area contributed by atoms with Gasteiger partial charge in [-0.2, -0.15) is 0 Å². The molecule has 1 aromatic heterocycles. The standard InChI is InChI=1S/C34H42F3N3O3S/c1-22-6-5-7-25(16-22)28-21-40(31(32(41)42)33(2,3)4)20-26(28)19-39-14-12-24(13-15-39)29-18-38-30(44-29)17-23-8-10-27(11-9-23)43-34(35,36)37/h5-11,16,18,24,26,28,31H,12-15,17,19-21H2,1-4H3,(H,41,42). The van der Waals surface area contributed by atoms with Gasteiger partial charge in [-0.05, 0) is 73.4 Å². The van der Waals surface area contributed by atoms with Crippen LogP contribution in [0.5, 0.6) is 5.75 Å². The molecule has 3 heterocycles. The molecule has 2 saturated heterocycles. The van der Waals surface area contributed by atoms with E-state index in [2.05, 4.69) is 50.7 Å². The fraction of sp³-hybridized carbons (Fsp3) is 0.529. The second-order valence-electron chi connectivity index (χ2n) is 13.4. The van der Waals surface area contributed by atoms with Gasteiger partial charge in [-0.3, -0.25) is 9.69 Å². The summed E-state index contributed by atoms with van der Waals surface area (Å²) in [7, 11) is 0. The quantitative estimate of drug-likeness (QED) is 0.267. The van der Waals surface area contributed by atoms with Crippen molar-refractivity contribution >= 4 is 17.3 Å². The molecule has 3 aromatic rings. The summed E-state index contributed by atoms with van der Waals surface area (Å²) in [4.78, 5) is 23.0. The van der Waals surface area contributed by atoms with Gasteiger partial charge < -0.3 is 14.7 Å². The fourth-order valence-corrected chi connectivity index (χ4v) is 8.09. The maximum absolute atomic E-state index is 12.4. The summed E-state index contributed by atoms with van der Waals surface area (Å²) in [5.74, 6) is 0.0954. The highest BCUT2D eigenvalue weighted by Crippen LogP contribution is 2.39. The molecule has 44 heavy (non-hydrogen) atoms. The number of benzene rings is 2. The number of carboxylic acids is 1. The van der Waals surface area contributed by atoms with E-state index in [9.17, 15) is 23.1 Å². The van der Waals surface area contributed by atoms with Crippen LogP contribution in [-0.4, -0.2) is 71.0 Å². The van der Waals surface area contributed by atoms with Crippen molar-refractivity contribution in [1.29, 1.82) is 0 Å². The normalized spacial score (nSPS) is 21.4. The number of hydrogen-bond acceptors (Lipinski definition) is 6. The monoisotopic (exact) mass is 629 g/mol. The van der Waals surface area contributed by atoms with Crippen molar-refractivity contribution in [3.05, 3.63) is 81.3 Å². The predicted octanol–water partition coefficient (Wildman–Crippen LogP) is 7.34. The van der Waals surface area contributed by atoms with Crippen LogP contribution in [0, 0.1) is 18.3 Å². The van der Waals surface area contributed by atoms with Gasteiger partial charge in [0.2, 0.25) is 0 Å². The van der Waals surface area contributed by atoms with Gasteiger partial charge in [0.25, 0.3) is 0 Å². The lowest BCUT2D eigenvalue weighted by molar-refractivity contribution is -0.274. The van der Waals surface area contributed by atoms with Gasteiger partial charge in [0, 0.05) is 43.0 Å². The molecule has 3 unspecified atom stereocenters. The lowest BCUT2D eigenvalue weighted by Gasteiger charge is -2.35. The summed E-state index contributed by atoms with van der Waals surface area (Å²) in [5, 5.41) is 11.1. The summed E-state index contributed by atoms with van der Waals surface area (Å²) < 4.78 is 41.3. The Hall–Kier alpha value is -2.95. The number of piperidine rings is 1. The molecule has 1 N–H and O–H groups in total. The van der Waals surface area contributed by atoms with Crippen LogP contribution in [0.1, 0.15) is 72.0 Å². The van der Waals surface area contributed by atoms with Crippen molar-refractivity contribution in [1.82, 2.24) is 14.8 Å². The molecule has 6 nitrogen and oxygen atoms in total. The van der Waals surface area contributed by atoms with Crippen LogP contribution in [0.3, 0.4) is 0 Å². The molecular weight excluding hydrogens is 587 g/mol. The van der Waals surface area contributed by atoms with Crippen LogP contribution in [0.4, 0.5) is 13.2 Å². The Morgan fingerprint density at radius 2 is 1.80 bits per heavy atom. The van der Waals surface area contributed by atoms with E-state index >= 15 is 0 Å². The number of thiazole rings is 1. The number of aryl methyl sites for hydroxylation is 1. The van der Waals surface area contributed by atoms with Gasteiger partial charge in [-0.1, -0.05) is 62.7 Å². The highest BCUT2D eigenvalue weighted by atomic mass is 32.1. The summed E-state index contributed by atoms with van der Waals surface area (Å²) >= 11 is 1.69. The van der Waals surface area contributed by atoms with E-state index in [1.807, 2.05) is 27.0 Å². The lowest BCUT2D eigenvalue weighted by Crippen LogP contribution is -2.48. The van der Waals surface area contributed by atoms with Crippen molar-refractivity contribution in [2.45, 2.75) is 71.2 Å². The SMILES string of the molecule is Cc1cccc(C2CN(C(C(=O)O)C(C)(C)C)CC2CN2CCC(c3cnc(Cc4ccc(OC(F)(F)F)cc4)s3)CC2)c1. The molecule has 3 atom stereocenters. The Balaban J connectivity index is 1.19. The summed E-state index contributed by atoms with van der Waals surface area (Å²) in [6, 6.07) is 14.1. The Morgan fingerprint density at radius 1 is 1.09 bits per heavy atom. The zero-order valence-electron chi connectivity index (χ0n) is 25.8. The molecule has 5 rings (SSSR count). The van der Waals surface area contributed by atoms with Gasteiger partial charge in [0.1, 0.15) is 11.8 Å². The minimum atomic E-state index is -4.70. The molecule has 0 aliphatic carbocycles. The molecule has 0 radical (unpaired) electrons. The largest absolute Gasteiger partial charge is 0.573 e. The first-order valence-electron chi connectivity index (χ1n) is 15.3. The van der Waals surface area contributed by atoms with Gasteiger partial charge in [-0.15, -0.1) is 24.5 Å². The Labute approximate surface area is 261 Å². The van der Waals surface area contributed by atoms with Crippen LogP contribution in [-0.2, 0) is 11.2 Å². The molecule has 2 fully saturated rings. The second-order valence-corrected chi connectivity index (χ2v) is 14.6. The van der Waals surface area contributed by atoms with E-state index in [0.29, 0.717) is 18.3 Å². The molecule has 10 heteroatoms. The molecule has 0 amide bonds. The highest BCUT2D eigenvalue weighted by Gasteiger charge is 2.44. The smallest absolute Gasteiger partial charge is 0.480 e. The maximum Gasteiger partial charge on any atom is 0.573 e. The van der Waals surface area contributed by atoms with E-state index < -0.39 is 18.4 Å². The Morgan fingerprint density at radius 3 is 2.41 bits per heavy atom. The number of rotatable bonds is 9. The van der Waals surface area contributed by atoms with Crippen molar-refractivity contribution < 1.29 is 27.8 Å². The highest BCUT2D eigenvalue weighted by molar-refractivity contribution is 7.11. The van der Waals surface area contributed by atoms with Crippen LogP contribution >= 0.6 is 11.3 Å². The lowest BCUT2D eigenvalue weighted by atomic mass is 9.85. The van der Waals surface area contributed by atoms with Crippen molar-refractivity contribution in [3.8, 4) is 5.75 Å². The van der Waals surface area contributed by atoms with Crippen molar-refractivity contribution in [2.75, 3.05) is 32.7 Å². The number of aliphatic carboxylic acids is 1. The molecular formula is C34H42F3N3O3S. The first-order chi connectivity index (χ1) is 20.7. The number of halogens is 3. The molecule has 2 aromatic carbocycles. The van der Waals surface area contributed by atoms with E-state index in [-0.39, 0.29) is 17.1 Å².